The third-order valence-corrected chi connectivity index (χ3v) is 2.15. The summed E-state index contributed by atoms with van der Waals surface area (Å²) in [5.74, 6) is -3.85. The fourth-order valence-corrected chi connectivity index (χ4v) is 1.34. The number of ether oxygens (including phenoxy) is 2. The van der Waals surface area contributed by atoms with Crippen LogP contribution < -0.4 is 0 Å². The summed E-state index contributed by atoms with van der Waals surface area (Å²) in [4.78, 5) is 22.2. The number of carbonyl (C=O) groups excluding carboxylic acids is 2. The number of benzene rings is 1. The summed E-state index contributed by atoms with van der Waals surface area (Å²) < 4.78 is 35.9. The van der Waals surface area contributed by atoms with E-state index >= 15 is 0 Å². The minimum Gasteiger partial charge on any atom is -0.465 e. The molecule has 0 aromatic heterocycles. The number of esters is 2. The molecule has 0 fully saturated rings. The van der Waals surface area contributed by atoms with Gasteiger partial charge < -0.3 is 9.47 Å². The van der Waals surface area contributed by atoms with E-state index in [4.69, 9.17) is 0 Å². The van der Waals surface area contributed by atoms with Crippen LogP contribution in [0.25, 0.3) is 6.08 Å². The van der Waals surface area contributed by atoms with Crippen LogP contribution in [0.2, 0.25) is 0 Å². The SMILES string of the molecule is CCOC(=O)C=Cc1cc(F)c(C(=O)OC)c(F)c1. The Morgan fingerprint density at radius 2 is 1.84 bits per heavy atom. The third kappa shape index (κ3) is 3.87. The van der Waals surface area contributed by atoms with Crippen LogP contribution in [0.1, 0.15) is 22.8 Å². The summed E-state index contributed by atoms with van der Waals surface area (Å²) in [6.07, 6.45) is 2.22. The number of hydrogen-bond acceptors (Lipinski definition) is 4. The topological polar surface area (TPSA) is 52.6 Å². The molecule has 0 aliphatic heterocycles. The lowest BCUT2D eigenvalue weighted by molar-refractivity contribution is -0.137. The van der Waals surface area contributed by atoms with E-state index in [0.717, 1.165) is 25.3 Å². The van der Waals surface area contributed by atoms with Gasteiger partial charge in [0.25, 0.3) is 0 Å². The second-order valence-corrected chi connectivity index (χ2v) is 3.44. The van der Waals surface area contributed by atoms with Gasteiger partial charge in [0.2, 0.25) is 0 Å². The molecule has 4 nitrogen and oxygen atoms in total. The molecule has 1 rings (SSSR count). The van der Waals surface area contributed by atoms with Crippen molar-refractivity contribution in [2.45, 2.75) is 6.92 Å². The van der Waals surface area contributed by atoms with E-state index in [0.29, 0.717) is 0 Å². The van der Waals surface area contributed by atoms with Crippen LogP contribution in [-0.2, 0) is 14.3 Å². The van der Waals surface area contributed by atoms with E-state index in [1.165, 1.54) is 6.08 Å². The van der Waals surface area contributed by atoms with Gasteiger partial charge in [-0.1, -0.05) is 0 Å². The molecule has 0 heterocycles. The van der Waals surface area contributed by atoms with Crippen molar-refractivity contribution in [3.8, 4) is 0 Å². The van der Waals surface area contributed by atoms with Crippen LogP contribution in [0.3, 0.4) is 0 Å². The Morgan fingerprint density at radius 3 is 2.32 bits per heavy atom. The van der Waals surface area contributed by atoms with Crippen molar-refractivity contribution in [3.63, 3.8) is 0 Å². The number of methoxy groups -OCH3 is 1. The van der Waals surface area contributed by atoms with Crippen molar-refractivity contribution in [3.05, 3.63) is 41.0 Å². The highest BCUT2D eigenvalue weighted by atomic mass is 19.1. The van der Waals surface area contributed by atoms with E-state index in [1.54, 1.807) is 6.92 Å². The Kier molecular flexibility index (Phi) is 5.17. The molecule has 0 unspecified atom stereocenters. The molecule has 0 amide bonds. The van der Waals surface area contributed by atoms with Gasteiger partial charge in [-0.3, -0.25) is 0 Å². The predicted molar refractivity (Wildman–Crippen MR) is 63.4 cm³/mol. The molecule has 0 atom stereocenters. The smallest absolute Gasteiger partial charge is 0.343 e. The molecule has 0 saturated heterocycles. The first-order valence-corrected chi connectivity index (χ1v) is 5.41. The average Bonchev–Trinajstić information content (AvgIpc) is 2.35. The Bertz CT molecular complexity index is 500. The summed E-state index contributed by atoms with van der Waals surface area (Å²) in [5, 5.41) is 0. The van der Waals surface area contributed by atoms with E-state index in [-0.39, 0.29) is 12.2 Å². The van der Waals surface area contributed by atoms with Crippen molar-refractivity contribution in [2.75, 3.05) is 13.7 Å². The van der Waals surface area contributed by atoms with Crippen LogP contribution in [0, 0.1) is 11.6 Å². The molecule has 102 valence electrons. The maximum Gasteiger partial charge on any atom is 0.343 e. The first kappa shape index (κ1) is 14.8. The van der Waals surface area contributed by atoms with Crippen molar-refractivity contribution in [1.29, 1.82) is 0 Å². The quantitative estimate of drug-likeness (QED) is 0.622. The minimum absolute atomic E-state index is 0.0932. The first-order valence-electron chi connectivity index (χ1n) is 5.41. The maximum atomic E-state index is 13.5. The summed E-state index contributed by atoms with van der Waals surface area (Å²) in [6.45, 7) is 1.84. The first-order chi connectivity index (χ1) is 8.99. The zero-order chi connectivity index (χ0) is 14.4. The highest BCUT2D eigenvalue weighted by Crippen LogP contribution is 2.17. The van der Waals surface area contributed by atoms with E-state index in [9.17, 15) is 18.4 Å². The summed E-state index contributed by atoms with van der Waals surface area (Å²) in [7, 11) is 1.02. The third-order valence-electron chi connectivity index (χ3n) is 2.15. The molecule has 19 heavy (non-hydrogen) atoms. The van der Waals surface area contributed by atoms with Gasteiger partial charge >= 0.3 is 11.9 Å². The van der Waals surface area contributed by atoms with Gasteiger partial charge in [-0.15, -0.1) is 0 Å². The highest BCUT2D eigenvalue weighted by Gasteiger charge is 2.18. The standard InChI is InChI=1S/C13H12F2O4/c1-3-19-11(16)5-4-8-6-9(14)12(10(15)7-8)13(17)18-2/h4-7H,3H2,1-2H3. The van der Waals surface area contributed by atoms with Gasteiger partial charge in [0.05, 0.1) is 13.7 Å². The number of rotatable bonds is 4. The second-order valence-electron chi connectivity index (χ2n) is 3.44. The Hall–Kier alpha value is -2.24. The molecule has 0 N–H and O–H groups in total. The fourth-order valence-electron chi connectivity index (χ4n) is 1.34. The van der Waals surface area contributed by atoms with Crippen LogP contribution >= 0.6 is 0 Å². The van der Waals surface area contributed by atoms with Crippen molar-refractivity contribution in [2.24, 2.45) is 0 Å². The molecule has 0 aliphatic carbocycles. The molecule has 1 aromatic rings. The molecule has 6 heteroatoms. The zero-order valence-electron chi connectivity index (χ0n) is 10.4. The lowest BCUT2D eigenvalue weighted by atomic mass is 10.1. The van der Waals surface area contributed by atoms with Gasteiger partial charge in [0, 0.05) is 6.08 Å². The van der Waals surface area contributed by atoms with Crippen LogP contribution in [0.15, 0.2) is 18.2 Å². The molecular formula is C13H12F2O4. The lowest BCUT2D eigenvalue weighted by Gasteiger charge is -2.04. The summed E-state index contributed by atoms with van der Waals surface area (Å²) >= 11 is 0. The van der Waals surface area contributed by atoms with Gasteiger partial charge in [-0.05, 0) is 30.7 Å². The monoisotopic (exact) mass is 270 g/mol. The molecule has 0 spiro atoms. The largest absolute Gasteiger partial charge is 0.465 e. The maximum absolute atomic E-state index is 13.5. The fraction of sp³-hybridized carbons (Fsp3) is 0.231. The second kappa shape index (κ2) is 6.63. The molecular weight excluding hydrogens is 258 g/mol. The number of carbonyl (C=O) groups is 2. The van der Waals surface area contributed by atoms with Crippen LogP contribution in [-0.4, -0.2) is 25.7 Å². The average molecular weight is 270 g/mol. The van der Waals surface area contributed by atoms with E-state index in [1.807, 2.05) is 0 Å². The lowest BCUT2D eigenvalue weighted by Crippen LogP contribution is -2.08. The Labute approximate surface area is 108 Å². The van der Waals surface area contributed by atoms with Crippen LogP contribution in [0.5, 0.6) is 0 Å². The Balaban J connectivity index is 3.01. The van der Waals surface area contributed by atoms with Gasteiger partial charge in [0.15, 0.2) is 0 Å². The zero-order valence-corrected chi connectivity index (χ0v) is 10.4. The van der Waals surface area contributed by atoms with Crippen molar-refractivity contribution >= 4 is 18.0 Å². The molecule has 0 saturated carbocycles. The molecule has 1 aromatic carbocycles. The summed E-state index contributed by atoms with van der Waals surface area (Å²) in [6, 6.07) is 1.84. The normalized spacial score (nSPS) is 10.5. The predicted octanol–water partition coefficient (Wildman–Crippen LogP) is 2.33. The van der Waals surface area contributed by atoms with Crippen molar-refractivity contribution < 1.29 is 27.8 Å². The number of hydrogen-bond donors (Lipinski definition) is 0. The van der Waals surface area contributed by atoms with E-state index < -0.39 is 29.1 Å². The minimum atomic E-state index is -1.10. The van der Waals surface area contributed by atoms with E-state index in [2.05, 4.69) is 9.47 Å². The number of halogens is 2. The van der Waals surface area contributed by atoms with Gasteiger partial charge in [0.1, 0.15) is 17.2 Å². The van der Waals surface area contributed by atoms with Crippen LogP contribution in [0.4, 0.5) is 8.78 Å². The molecule has 0 radical (unpaired) electrons. The van der Waals surface area contributed by atoms with Crippen molar-refractivity contribution in [1.82, 2.24) is 0 Å². The van der Waals surface area contributed by atoms with Gasteiger partial charge in [-0.25, -0.2) is 18.4 Å². The highest BCUT2D eigenvalue weighted by molar-refractivity contribution is 5.91. The Morgan fingerprint density at radius 1 is 1.26 bits per heavy atom. The molecule has 0 bridgehead atoms. The summed E-state index contributed by atoms with van der Waals surface area (Å²) in [5.41, 5.74) is -0.675. The van der Waals surface area contributed by atoms with Gasteiger partial charge in [-0.2, -0.15) is 0 Å². The molecule has 0 aliphatic rings.